The van der Waals surface area contributed by atoms with Crippen molar-refractivity contribution in [2.45, 2.75) is 6.61 Å². The summed E-state index contributed by atoms with van der Waals surface area (Å²) in [4.78, 5) is 12.3. The van der Waals surface area contributed by atoms with Gasteiger partial charge in [0.15, 0.2) is 5.75 Å². The molecule has 0 saturated carbocycles. The lowest BCUT2D eigenvalue weighted by atomic mass is 10.1. The molecule has 0 bridgehead atoms. The van der Waals surface area contributed by atoms with Crippen LogP contribution in [0.3, 0.4) is 0 Å². The number of aromatic nitrogens is 2. The Balaban J connectivity index is 1.80. The van der Waals surface area contributed by atoms with Crippen molar-refractivity contribution in [1.29, 1.82) is 0 Å². The third kappa shape index (κ3) is 4.00. The van der Waals surface area contributed by atoms with Gasteiger partial charge in [0.2, 0.25) is 0 Å². The van der Waals surface area contributed by atoms with Gasteiger partial charge in [-0.3, -0.25) is 9.89 Å². The van der Waals surface area contributed by atoms with Gasteiger partial charge in [0.05, 0.1) is 11.4 Å². The van der Waals surface area contributed by atoms with Crippen LogP contribution in [0, 0.1) is 11.6 Å². The van der Waals surface area contributed by atoms with Gasteiger partial charge >= 0.3 is 6.61 Å². The summed E-state index contributed by atoms with van der Waals surface area (Å²) in [6.07, 6.45) is 0. The lowest BCUT2D eigenvalue weighted by Gasteiger charge is -2.11. The predicted molar refractivity (Wildman–Crippen MR) is 85.0 cm³/mol. The van der Waals surface area contributed by atoms with Gasteiger partial charge < -0.3 is 10.1 Å². The number of benzene rings is 2. The smallest absolute Gasteiger partial charge is 0.387 e. The highest BCUT2D eigenvalue weighted by Gasteiger charge is 2.16. The molecule has 5 nitrogen and oxygen atoms in total. The molecule has 26 heavy (non-hydrogen) atoms. The number of hydrogen-bond acceptors (Lipinski definition) is 3. The first-order chi connectivity index (χ1) is 12.4. The summed E-state index contributed by atoms with van der Waals surface area (Å²) in [5.41, 5.74) is 0.856. The van der Waals surface area contributed by atoms with E-state index in [1.54, 1.807) is 0 Å². The molecule has 0 radical (unpaired) electrons. The zero-order chi connectivity index (χ0) is 18.7. The van der Waals surface area contributed by atoms with Crippen LogP contribution in [0.25, 0.3) is 11.3 Å². The first kappa shape index (κ1) is 17.5. The summed E-state index contributed by atoms with van der Waals surface area (Å²) in [5.74, 6) is -2.41. The monoisotopic (exact) mass is 365 g/mol. The Labute approximate surface area is 144 Å². The van der Waals surface area contributed by atoms with Crippen LogP contribution in [-0.4, -0.2) is 22.7 Å². The van der Waals surface area contributed by atoms with Crippen LogP contribution in [0.2, 0.25) is 0 Å². The van der Waals surface area contributed by atoms with E-state index in [0.29, 0.717) is 11.3 Å². The summed E-state index contributed by atoms with van der Waals surface area (Å²) in [6.45, 7) is -3.18. The largest absolute Gasteiger partial charge is 0.432 e. The van der Waals surface area contributed by atoms with E-state index >= 15 is 0 Å². The van der Waals surface area contributed by atoms with E-state index in [0.717, 1.165) is 18.2 Å². The maximum absolute atomic E-state index is 13.2. The van der Waals surface area contributed by atoms with Crippen LogP contribution in [0.15, 0.2) is 48.5 Å². The molecule has 1 heterocycles. The molecule has 3 aromatic rings. The molecular weight excluding hydrogens is 354 g/mol. The molecular formula is C17H11F4N3O2. The predicted octanol–water partition coefficient (Wildman–Crippen LogP) is 4.21. The average Bonchev–Trinajstić information content (AvgIpc) is 3.07. The third-order valence-electron chi connectivity index (χ3n) is 3.37. The van der Waals surface area contributed by atoms with E-state index in [1.165, 1.54) is 30.3 Å². The van der Waals surface area contributed by atoms with Crippen molar-refractivity contribution in [1.82, 2.24) is 10.2 Å². The van der Waals surface area contributed by atoms with Gasteiger partial charge in [0.25, 0.3) is 5.91 Å². The Morgan fingerprint density at radius 2 is 1.73 bits per heavy atom. The first-order valence-electron chi connectivity index (χ1n) is 7.29. The Kier molecular flexibility index (Phi) is 4.87. The van der Waals surface area contributed by atoms with E-state index in [4.69, 9.17) is 0 Å². The molecule has 1 aromatic heterocycles. The number of carbonyl (C=O) groups is 1. The number of aromatic amines is 1. The van der Waals surface area contributed by atoms with Gasteiger partial charge in [-0.05, 0) is 42.5 Å². The Bertz CT molecular complexity index is 926. The van der Waals surface area contributed by atoms with Crippen LogP contribution in [0.1, 0.15) is 10.5 Å². The number of anilines is 1. The fourth-order valence-corrected chi connectivity index (χ4v) is 2.19. The van der Waals surface area contributed by atoms with E-state index in [-0.39, 0.29) is 11.4 Å². The van der Waals surface area contributed by atoms with Crippen molar-refractivity contribution in [3.8, 4) is 17.0 Å². The van der Waals surface area contributed by atoms with E-state index in [1.807, 2.05) is 0 Å². The fourth-order valence-electron chi connectivity index (χ4n) is 2.19. The minimum atomic E-state index is -3.18. The average molecular weight is 365 g/mol. The standard InChI is InChI=1S/C17H11F4N3O2/c18-10-3-1-9(2-4-10)13-8-14(24-23-13)16(25)22-12-6-5-11(19)7-15(12)26-17(20)21/h1-8,17H,(H,22,25)(H,23,24). The first-order valence-corrected chi connectivity index (χ1v) is 7.29. The van der Waals surface area contributed by atoms with Crippen LogP contribution in [-0.2, 0) is 0 Å². The number of nitrogens with zero attached hydrogens (tertiary/aromatic N) is 1. The molecule has 0 unspecified atom stereocenters. The quantitative estimate of drug-likeness (QED) is 0.666. The second-order valence-corrected chi connectivity index (χ2v) is 5.15. The zero-order valence-electron chi connectivity index (χ0n) is 13.0. The van der Waals surface area contributed by atoms with Crippen molar-refractivity contribution in [3.63, 3.8) is 0 Å². The summed E-state index contributed by atoms with van der Waals surface area (Å²) in [6, 6.07) is 9.70. The van der Waals surface area contributed by atoms with Crippen LogP contribution in [0.4, 0.5) is 23.2 Å². The van der Waals surface area contributed by atoms with Gasteiger partial charge in [-0.2, -0.15) is 13.9 Å². The summed E-state index contributed by atoms with van der Waals surface area (Å²) in [7, 11) is 0. The number of H-pyrrole nitrogens is 1. The summed E-state index contributed by atoms with van der Waals surface area (Å²) >= 11 is 0. The van der Waals surface area contributed by atoms with E-state index in [2.05, 4.69) is 20.3 Å². The lowest BCUT2D eigenvalue weighted by Crippen LogP contribution is -2.14. The second kappa shape index (κ2) is 7.26. The highest BCUT2D eigenvalue weighted by Crippen LogP contribution is 2.28. The highest BCUT2D eigenvalue weighted by molar-refractivity contribution is 6.04. The summed E-state index contributed by atoms with van der Waals surface area (Å²) < 4.78 is 55.2. The van der Waals surface area contributed by atoms with Crippen molar-refractivity contribution in [3.05, 3.63) is 65.9 Å². The molecule has 9 heteroatoms. The number of ether oxygens (including phenoxy) is 1. The molecule has 0 aliphatic carbocycles. The molecule has 0 atom stereocenters. The van der Waals surface area contributed by atoms with Crippen molar-refractivity contribution in [2.24, 2.45) is 0 Å². The molecule has 0 spiro atoms. The Morgan fingerprint density at radius 1 is 1.04 bits per heavy atom. The number of nitrogens with one attached hydrogen (secondary N) is 2. The second-order valence-electron chi connectivity index (χ2n) is 5.15. The molecule has 3 rings (SSSR count). The maximum atomic E-state index is 13.2. The van der Waals surface area contributed by atoms with Crippen molar-refractivity contribution in [2.75, 3.05) is 5.32 Å². The maximum Gasteiger partial charge on any atom is 0.387 e. The number of carbonyl (C=O) groups excluding carboxylic acids is 1. The molecule has 1 amide bonds. The minimum absolute atomic E-state index is 0.0247. The van der Waals surface area contributed by atoms with E-state index < -0.39 is 29.9 Å². The molecule has 0 fully saturated rings. The van der Waals surface area contributed by atoms with Gasteiger partial charge in [0.1, 0.15) is 17.3 Å². The van der Waals surface area contributed by atoms with Gasteiger partial charge in [-0.25, -0.2) is 8.78 Å². The molecule has 2 aromatic carbocycles. The Morgan fingerprint density at radius 3 is 2.42 bits per heavy atom. The third-order valence-corrected chi connectivity index (χ3v) is 3.37. The number of rotatable bonds is 5. The zero-order valence-corrected chi connectivity index (χ0v) is 13.0. The van der Waals surface area contributed by atoms with Crippen molar-refractivity contribution < 1.29 is 27.1 Å². The fraction of sp³-hybridized carbons (Fsp3) is 0.0588. The minimum Gasteiger partial charge on any atom is -0.432 e. The molecule has 2 N–H and O–H groups in total. The number of alkyl halides is 2. The normalized spacial score (nSPS) is 10.8. The number of hydrogen-bond donors (Lipinski definition) is 2. The topological polar surface area (TPSA) is 67.0 Å². The van der Waals surface area contributed by atoms with Gasteiger partial charge in [-0.15, -0.1) is 0 Å². The Hall–Kier alpha value is -3.36. The van der Waals surface area contributed by atoms with Crippen LogP contribution in [0.5, 0.6) is 5.75 Å². The van der Waals surface area contributed by atoms with E-state index in [9.17, 15) is 22.4 Å². The van der Waals surface area contributed by atoms with Gasteiger partial charge in [0, 0.05) is 11.6 Å². The van der Waals surface area contributed by atoms with Crippen molar-refractivity contribution >= 4 is 11.6 Å². The lowest BCUT2D eigenvalue weighted by molar-refractivity contribution is -0.0495. The molecule has 134 valence electrons. The van der Waals surface area contributed by atoms with Gasteiger partial charge in [-0.1, -0.05) is 0 Å². The number of amides is 1. The molecule has 0 saturated heterocycles. The SMILES string of the molecule is O=C(Nc1ccc(F)cc1OC(F)F)c1cc(-c2ccc(F)cc2)n[nH]1. The summed E-state index contributed by atoms with van der Waals surface area (Å²) in [5, 5.41) is 8.77. The molecule has 0 aliphatic heterocycles. The van der Waals surface area contributed by atoms with Crippen LogP contribution < -0.4 is 10.1 Å². The number of halogens is 4. The molecule has 0 aliphatic rings. The van der Waals surface area contributed by atoms with Crippen LogP contribution >= 0.6 is 0 Å². The highest BCUT2D eigenvalue weighted by atomic mass is 19.3.